The van der Waals surface area contributed by atoms with E-state index in [9.17, 15) is 9.59 Å². The van der Waals surface area contributed by atoms with E-state index in [4.69, 9.17) is 4.74 Å². The molecule has 0 aromatic heterocycles. The molecule has 0 aliphatic carbocycles. The van der Waals surface area contributed by atoms with E-state index < -0.39 is 6.09 Å². The van der Waals surface area contributed by atoms with Crippen molar-refractivity contribution in [2.45, 2.75) is 33.1 Å². The molecule has 5 heteroatoms. The van der Waals surface area contributed by atoms with Gasteiger partial charge in [0.05, 0.1) is 5.69 Å². The van der Waals surface area contributed by atoms with Crippen molar-refractivity contribution in [2.75, 3.05) is 25.5 Å². The molecular weight excluding hydrogens is 280 g/mol. The first-order chi connectivity index (χ1) is 10.3. The van der Waals surface area contributed by atoms with Crippen molar-refractivity contribution in [3.05, 3.63) is 23.8 Å². The maximum atomic E-state index is 12.4. The molecule has 2 amide bonds. The Balaban J connectivity index is 2.34. The van der Waals surface area contributed by atoms with Gasteiger partial charge in [-0.2, -0.15) is 0 Å². The van der Waals surface area contributed by atoms with Crippen LogP contribution in [0, 0.1) is 5.92 Å². The maximum Gasteiger partial charge on any atom is 0.414 e. The molecule has 120 valence electrons. The summed E-state index contributed by atoms with van der Waals surface area (Å²) in [5.41, 5.74) is 2.02. The van der Waals surface area contributed by atoms with Crippen LogP contribution in [0.3, 0.4) is 0 Å². The average Bonchev–Trinajstić information content (AvgIpc) is 2.84. The van der Waals surface area contributed by atoms with Crippen molar-refractivity contribution in [1.29, 1.82) is 0 Å². The molecule has 5 nitrogen and oxygen atoms in total. The first-order valence-electron chi connectivity index (χ1n) is 7.69. The number of ether oxygens (including phenoxy) is 1. The molecule has 2 rings (SSSR count). The lowest BCUT2D eigenvalue weighted by atomic mass is 9.99. The molecule has 1 aromatic carbocycles. The Kier molecular flexibility index (Phi) is 4.74. The topological polar surface area (TPSA) is 49.9 Å². The molecule has 0 fully saturated rings. The van der Waals surface area contributed by atoms with Crippen LogP contribution in [0.15, 0.2) is 18.2 Å². The van der Waals surface area contributed by atoms with Crippen molar-refractivity contribution in [3.8, 4) is 5.75 Å². The summed E-state index contributed by atoms with van der Waals surface area (Å²) in [6.45, 7) is 6.63. The molecule has 1 aliphatic heterocycles. The SMILES string of the molecule is CC[C@@H]1CN(C(=O)C(C)C)c2cc(OC(=O)N(C)C)ccc21. The van der Waals surface area contributed by atoms with Crippen LogP contribution in [0.2, 0.25) is 0 Å². The van der Waals surface area contributed by atoms with Gasteiger partial charge in [-0.15, -0.1) is 0 Å². The summed E-state index contributed by atoms with van der Waals surface area (Å²) >= 11 is 0. The highest BCUT2D eigenvalue weighted by atomic mass is 16.6. The predicted octanol–water partition coefficient (Wildman–Crippen LogP) is 3.24. The second-order valence-electron chi connectivity index (χ2n) is 6.19. The molecule has 0 spiro atoms. The van der Waals surface area contributed by atoms with Gasteiger partial charge in [0.1, 0.15) is 5.75 Å². The van der Waals surface area contributed by atoms with Crippen molar-refractivity contribution >= 4 is 17.7 Å². The number of nitrogens with zero attached hydrogens (tertiary/aromatic N) is 2. The highest BCUT2D eigenvalue weighted by molar-refractivity contribution is 5.97. The zero-order chi connectivity index (χ0) is 16.4. The Morgan fingerprint density at radius 1 is 1.36 bits per heavy atom. The number of hydrogen-bond donors (Lipinski definition) is 0. The van der Waals surface area contributed by atoms with Crippen LogP contribution in [0.4, 0.5) is 10.5 Å². The summed E-state index contributed by atoms with van der Waals surface area (Å²) in [6, 6.07) is 5.56. The van der Waals surface area contributed by atoms with Crippen molar-refractivity contribution in [2.24, 2.45) is 5.92 Å². The Hall–Kier alpha value is -2.04. The van der Waals surface area contributed by atoms with Crippen LogP contribution in [0.5, 0.6) is 5.75 Å². The maximum absolute atomic E-state index is 12.4. The third-order valence-electron chi connectivity index (χ3n) is 3.96. The Labute approximate surface area is 131 Å². The minimum atomic E-state index is -0.424. The molecule has 0 N–H and O–H groups in total. The molecular formula is C17H24N2O3. The van der Waals surface area contributed by atoms with Crippen LogP contribution in [-0.2, 0) is 4.79 Å². The second-order valence-corrected chi connectivity index (χ2v) is 6.19. The molecule has 0 unspecified atom stereocenters. The van der Waals surface area contributed by atoms with Gasteiger partial charge in [0.2, 0.25) is 5.91 Å². The number of carbonyl (C=O) groups is 2. The smallest absolute Gasteiger partial charge is 0.410 e. The predicted molar refractivity (Wildman–Crippen MR) is 86.4 cm³/mol. The van der Waals surface area contributed by atoms with E-state index >= 15 is 0 Å². The highest BCUT2D eigenvalue weighted by Crippen LogP contribution is 2.40. The number of anilines is 1. The van der Waals surface area contributed by atoms with Gasteiger partial charge in [-0.1, -0.05) is 26.8 Å². The first-order valence-corrected chi connectivity index (χ1v) is 7.69. The van der Waals surface area contributed by atoms with Gasteiger partial charge in [0.15, 0.2) is 0 Å². The largest absolute Gasteiger partial charge is 0.414 e. The molecule has 0 saturated heterocycles. The van der Waals surface area contributed by atoms with Gasteiger partial charge >= 0.3 is 6.09 Å². The van der Waals surface area contributed by atoms with E-state index in [-0.39, 0.29) is 11.8 Å². The Bertz CT molecular complexity index is 581. The summed E-state index contributed by atoms with van der Waals surface area (Å²) in [5, 5.41) is 0. The minimum absolute atomic E-state index is 0.0589. The third-order valence-corrected chi connectivity index (χ3v) is 3.96. The van der Waals surface area contributed by atoms with Gasteiger partial charge in [0.25, 0.3) is 0 Å². The number of carbonyl (C=O) groups excluding carboxylic acids is 2. The van der Waals surface area contributed by atoms with Crippen molar-refractivity contribution in [3.63, 3.8) is 0 Å². The van der Waals surface area contributed by atoms with Gasteiger partial charge in [-0.3, -0.25) is 4.79 Å². The number of hydrogen-bond acceptors (Lipinski definition) is 3. The third kappa shape index (κ3) is 3.08. The molecule has 0 saturated carbocycles. The molecule has 1 atom stereocenters. The Morgan fingerprint density at radius 3 is 2.59 bits per heavy atom. The van der Waals surface area contributed by atoms with Crippen LogP contribution >= 0.6 is 0 Å². The lowest BCUT2D eigenvalue weighted by Gasteiger charge is -2.20. The quantitative estimate of drug-likeness (QED) is 0.861. The molecule has 1 heterocycles. The number of amides is 2. The van der Waals surface area contributed by atoms with Crippen LogP contribution in [0.1, 0.15) is 38.7 Å². The van der Waals surface area contributed by atoms with E-state index in [1.165, 1.54) is 4.90 Å². The minimum Gasteiger partial charge on any atom is -0.410 e. The number of benzene rings is 1. The van der Waals surface area contributed by atoms with Crippen LogP contribution in [0.25, 0.3) is 0 Å². The molecule has 1 aliphatic rings. The van der Waals surface area contributed by atoms with E-state index in [1.807, 2.05) is 24.8 Å². The molecule has 1 aromatic rings. The van der Waals surface area contributed by atoms with Gasteiger partial charge in [0, 0.05) is 38.5 Å². The fourth-order valence-corrected chi connectivity index (χ4v) is 2.64. The first kappa shape index (κ1) is 16.3. The molecule has 0 radical (unpaired) electrons. The van der Waals surface area contributed by atoms with Crippen molar-refractivity contribution < 1.29 is 14.3 Å². The molecule has 0 bridgehead atoms. The van der Waals surface area contributed by atoms with E-state index in [1.54, 1.807) is 26.2 Å². The zero-order valence-corrected chi connectivity index (χ0v) is 13.9. The monoisotopic (exact) mass is 304 g/mol. The van der Waals surface area contributed by atoms with Gasteiger partial charge < -0.3 is 14.5 Å². The van der Waals surface area contributed by atoms with Crippen LogP contribution in [-0.4, -0.2) is 37.5 Å². The lowest BCUT2D eigenvalue weighted by molar-refractivity contribution is -0.121. The summed E-state index contributed by atoms with van der Waals surface area (Å²) in [5.74, 6) is 0.858. The average molecular weight is 304 g/mol. The highest BCUT2D eigenvalue weighted by Gasteiger charge is 2.32. The summed E-state index contributed by atoms with van der Waals surface area (Å²) in [4.78, 5) is 27.3. The molecule has 22 heavy (non-hydrogen) atoms. The zero-order valence-electron chi connectivity index (χ0n) is 13.9. The van der Waals surface area contributed by atoms with Gasteiger partial charge in [-0.05, 0) is 18.1 Å². The number of rotatable bonds is 3. The lowest BCUT2D eigenvalue weighted by Crippen LogP contribution is -2.33. The van der Waals surface area contributed by atoms with Gasteiger partial charge in [-0.25, -0.2) is 4.79 Å². The fraction of sp³-hybridized carbons (Fsp3) is 0.529. The summed E-state index contributed by atoms with van der Waals surface area (Å²) in [7, 11) is 3.27. The van der Waals surface area contributed by atoms with Crippen LogP contribution < -0.4 is 9.64 Å². The summed E-state index contributed by atoms with van der Waals surface area (Å²) in [6.07, 6.45) is 0.554. The standard InChI is InChI=1S/C17H24N2O3/c1-6-12-10-19(16(20)11(2)3)15-9-13(7-8-14(12)15)22-17(21)18(4)5/h7-9,11-12H,6,10H2,1-5H3/t12-/m1/s1. The summed E-state index contributed by atoms with van der Waals surface area (Å²) < 4.78 is 5.31. The van der Waals surface area contributed by atoms with Crippen molar-refractivity contribution in [1.82, 2.24) is 4.90 Å². The number of fused-ring (bicyclic) bond motifs is 1. The van der Waals surface area contributed by atoms with E-state index in [2.05, 4.69) is 6.92 Å². The Morgan fingerprint density at radius 2 is 2.05 bits per heavy atom. The second kappa shape index (κ2) is 6.38. The van der Waals surface area contributed by atoms with E-state index in [0.29, 0.717) is 18.2 Å². The van der Waals surface area contributed by atoms with E-state index in [0.717, 1.165) is 17.7 Å². The normalized spacial score (nSPS) is 16.6. The fourth-order valence-electron chi connectivity index (χ4n) is 2.64.